The normalized spacial score (nSPS) is 22.6. The van der Waals surface area contributed by atoms with E-state index in [-0.39, 0.29) is 6.03 Å². The van der Waals surface area contributed by atoms with Crippen LogP contribution in [-0.4, -0.2) is 50.3 Å². The molecule has 1 spiro atoms. The van der Waals surface area contributed by atoms with Crippen LogP contribution < -0.4 is 15.0 Å². The summed E-state index contributed by atoms with van der Waals surface area (Å²) in [4.78, 5) is 16.3. The molecule has 1 aromatic rings. The topological polar surface area (TPSA) is 44.8 Å². The number of urea groups is 1. The Hall–Kier alpha value is -1.46. The molecule has 2 amide bonds. The largest absolute Gasteiger partial charge is 0.489 e. The van der Waals surface area contributed by atoms with Gasteiger partial charge in [-0.2, -0.15) is 0 Å². The highest BCUT2D eigenvalue weighted by atomic mass is 35.5. The first-order valence-electron chi connectivity index (χ1n) is 6.86. The third-order valence-electron chi connectivity index (χ3n) is 4.34. The number of ether oxygens (including phenoxy) is 1. The maximum absolute atomic E-state index is 12.6. The Morgan fingerprint density at radius 2 is 2.15 bits per heavy atom. The van der Waals surface area contributed by atoms with Gasteiger partial charge in [-0.05, 0) is 12.1 Å². The number of carbonyl (C=O) groups excluding carboxylic acids is 1. The Morgan fingerprint density at radius 3 is 2.85 bits per heavy atom. The van der Waals surface area contributed by atoms with Gasteiger partial charge >= 0.3 is 6.03 Å². The molecule has 3 aliphatic rings. The minimum atomic E-state index is 0.0781. The van der Waals surface area contributed by atoms with Crippen molar-refractivity contribution in [2.75, 3.05) is 44.2 Å². The number of rotatable bonds is 0. The number of benzene rings is 1. The van der Waals surface area contributed by atoms with Crippen molar-refractivity contribution in [2.24, 2.45) is 5.41 Å². The van der Waals surface area contributed by atoms with Crippen molar-refractivity contribution in [3.8, 4) is 5.75 Å². The molecule has 6 heteroatoms. The molecular weight excluding hydrogens is 278 g/mol. The van der Waals surface area contributed by atoms with Gasteiger partial charge in [0, 0.05) is 42.7 Å². The first-order chi connectivity index (χ1) is 9.67. The summed E-state index contributed by atoms with van der Waals surface area (Å²) in [5, 5.41) is 3.90. The Bertz CT molecular complexity index is 566. The average Bonchev–Trinajstić information content (AvgIpc) is 2.34. The van der Waals surface area contributed by atoms with Gasteiger partial charge in [-0.1, -0.05) is 11.6 Å². The first-order valence-corrected chi connectivity index (χ1v) is 7.24. The highest BCUT2D eigenvalue weighted by Gasteiger charge is 2.50. The third kappa shape index (κ3) is 1.77. The monoisotopic (exact) mass is 293 g/mol. The number of fused-ring (bicyclic) bond motifs is 1. The van der Waals surface area contributed by atoms with E-state index < -0.39 is 0 Å². The van der Waals surface area contributed by atoms with Crippen molar-refractivity contribution < 1.29 is 9.53 Å². The fourth-order valence-corrected chi connectivity index (χ4v) is 3.33. The van der Waals surface area contributed by atoms with Crippen molar-refractivity contribution in [1.29, 1.82) is 0 Å². The lowest BCUT2D eigenvalue weighted by molar-refractivity contribution is -0.00935. The summed E-state index contributed by atoms with van der Waals surface area (Å²) in [6.07, 6.45) is 0. The molecule has 106 valence electrons. The fraction of sp³-hybridized carbons (Fsp3) is 0.500. The summed E-state index contributed by atoms with van der Waals surface area (Å²) < 4.78 is 5.58. The Labute approximate surface area is 122 Å². The summed E-state index contributed by atoms with van der Waals surface area (Å²) in [5.74, 6) is 0.692. The van der Waals surface area contributed by atoms with Crippen LogP contribution in [0.1, 0.15) is 0 Å². The zero-order chi connectivity index (χ0) is 13.7. The Kier molecular flexibility index (Phi) is 2.62. The summed E-state index contributed by atoms with van der Waals surface area (Å²) in [6, 6.07) is 5.50. The molecule has 0 saturated carbocycles. The Morgan fingerprint density at radius 1 is 1.35 bits per heavy atom. The quantitative estimate of drug-likeness (QED) is 0.790. The zero-order valence-electron chi connectivity index (χ0n) is 11.1. The van der Waals surface area contributed by atoms with Crippen LogP contribution in [0.4, 0.5) is 10.5 Å². The average molecular weight is 294 g/mol. The molecule has 3 heterocycles. The number of halogens is 1. The zero-order valence-corrected chi connectivity index (χ0v) is 11.8. The second-order valence-corrected chi connectivity index (χ2v) is 6.29. The molecular formula is C14H16ClN3O2. The van der Waals surface area contributed by atoms with Gasteiger partial charge in [0.05, 0.1) is 12.2 Å². The molecule has 0 bridgehead atoms. The predicted molar refractivity (Wildman–Crippen MR) is 76.6 cm³/mol. The number of likely N-dealkylation sites (tertiary alicyclic amines) is 1. The van der Waals surface area contributed by atoms with Crippen LogP contribution >= 0.6 is 11.6 Å². The maximum Gasteiger partial charge on any atom is 0.324 e. The number of hydrogen-bond donors (Lipinski definition) is 1. The minimum absolute atomic E-state index is 0.0781. The van der Waals surface area contributed by atoms with Crippen molar-refractivity contribution in [3.05, 3.63) is 23.2 Å². The number of nitrogens with zero attached hydrogens (tertiary/aromatic N) is 2. The summed E-state index contributed by atoms with van der Waals surface area (Å²) in [7, 11) is 0. The van der Waals surface area contributed by atoms with Gasteiger partial charge in [0.25, 0.3) is 0 Å². The van der Waals surface area contributed by atoms with Gasteiger partial charge in [0.1, 0.15) is 12.4 Å². The maximum atomic E-state index is 12.6. The van der Waals surface area contributed by atoms with E-state index >= 15 is 0 Å². The Balaban J connectivity index is 1.53. The lowest BCUT2D eigenvalue weighted by Crippen LogP contribution is -2.73. The van der Waals surface area contributed by atoms with Crippen LogP contribution in [0.3, 0.4) is 0 Å². The highest BCUT2D eigenvalue weighted by Crippen LogP contribution is 2.38. The van der Waals surface area contributed by atoms with E-state index in [0.29, 0.717) is 29.3 Å². The van der Waals surface area contributed by atoms with E-state index in [0.717, 1.165) is 31.9 Å². The van der Waals surface area contributed by atoms with Crippen LogP contribution in [-0.2, 0) is 0 Å². The minimum Gasteiger partial charge on any atom is -0.489 e. The van der Waals surface area contributed by atoms with E-state index in [9.17, 15) is 4.79 Å². The molecule has 1 N–H and O–H groups in total. The van der Waals surface area contributed by atoms with E-state index in [1.165, 1.54) is 0 Å². The van der Waals surface area contributed by atoms with E-state index in [2.05, 4.69) is 5.32 Å². The molecule has 0 aliphatic carbocycles. The lowest BCUT2D eigenvalue weighted by atomic mass is 9.75. The van der Waals surface area contributed by atoms with Crippen molar-refractivity contribution in [3.63, 3.8) is 0 Å². The van der Waals surface area contributed by atoms with Gasteiger partial charge in [-0.15, -0.1) is 0 Å². The van der Waals surface area contributed by atoms with E-state index in [1.807, 2.05) is 11.0 Å². The van der Waals surface area contributed by atoms with Gasteiger partial charge in [0.2, 0.25) is 0 Å². The molecule has 5 nitrogen and oxygen atoms in total. The predicted octanol–water partition coefficient (Wildman–Crippen LogP) is 1.56. The second kappa shape index (κ2) is 4.27. The van der Waals surface area contributed by atoms with Gasteiger partial charge in [-0.3, -0.25) is 4.90 Å². The van der Waals surface area contributed by atoms with Crippen LogP contribution in [0, 0.1) is 5.41 Å². The summed E-state index contributed by atoms with van der Waals surface area (Å²) >= 11 is 5.97. The first kappa shape index (κ1) is 12.3. The van der Waals surface area contributed by atoms with Crippen molar-refractivity contribution >= 4 is 23.3 Å². The highest BCUT2D eigenvalue weighted by molar-refractivity contribution is 6.30. The van der Waals surface area contributed by atoms with E-state index in [1.54, 1.807) is 17.0 Å². The lowest BCUT2D eigenvalue weighted by Gasteiger charge is -2.56. The molecule has 20 heavy (non-hydrogen) atoms. The number of carbonyl (C=O) groups is 1. The van der Waals surface area contributed by atoms with Crippen LogP contribution in [0.2, 0.25) is 5.02 Å². The molecule has 4 rings (SSSR count). The van der Waals surface area contributed by atoms with Gasteiger partial charge < -0.3 is 15.0 Å². The van der Waals surface area contributed by atoms with Crippen molar-refractivity contribution in [2.45, 2.75) is 0 Å². The SMILES string of the molecule is O=C(N1CC2(CNC2)C1)N1CCOc2cc(Cl)ccc21. The third-order valence-corrected chi connectivity index (χ3v) is 4.57. The smallest absolute Gasteiger partial charge is 0.324 e. The van der Waals surface area contributed by atoms with Gasteiger partial charge in [0.15, 0.2) is 0 Å². The molecule has 2 fully saturated rings. The molecule has 0 aromatic heterocycles. The molecule has 0 unspecified atom stereocenters. The number of nitrogens with one attached hydrogen (secondary N) is 1. The molecule has 1 aromatic carbocycles. The molecule has 2 saturated heterocycles. The van der Waals surface area contributed by atoms with Crippen LogP contribution in [0.25, 0.3) is 0 Å². The van der Waals surface area contributed by atoms with Crippen LogP contribution in [0.15, 0.2) is 18.2 Å². The summed E-state index contributed by atoms with van der Waals surface area (Å²) in [5.41, 5.74) is 1.17. The second-order valence-electron chi connectivity index (χ2n) is 5.85. The van der Waals surface area contributed by atoms with Crippen molar-refractivity contribution in [1.82, 2.24) is 10.2 Å². The molecule has 0 atom stereocenters. The van der Waals surface area contributed by atoms with Crippen LogP contribution in [0.5, 0.6) is 5.75 Å². The van der Waals surface area contributed by atoms with E-state index in [4.69, 9.17) is 16.3 Å². The number of anilines is 1. The molecule has 3 aliphatic heterocycles. The fourth-order valence-electron chi connectivity index (χ4n) is 3.16. The van der Waals surface area contributed by atoms with Gasteiger partial charge in [-0.25, -0.2) is 4.79 Å². The number of amides is 2. The summed E-state index contributed by atoms with van der Waals surface area (Å²) in [6.45, 7) is 4.89. The number of hydrogen-bond acceptors (Lipinski definition) is 3. The molecule has 0 radical (unpaired) electrons. The standard InChI is InChI=1S/C14H16ClN3O2/c15-10-1-2-11-12(5-10)20-4-3-18(11)13(19)17-8-14(9-17)6-16-7-14/h1-2,5,16H,3-4,6-9H2.